The molecule has 1 aromatic rings. The Morgan fingerprint density at radius 1 is 1.12 bits per heavy atom. The van der Waals surface area contributed by atoms with Gasteiger partial charge in [-0.05, 0) is 45.6 Å². The van der Waals surface area contributed by atoms with Crippen LogP contribution in [0.2, 0.25) is 0 Å². The van der Waals surface area contributed by atoms with Crippen LogP contribution in [0.15, 0.2) is 47.5 Å². The molecule has 1 saturated heterocycles. The van der Waals surface area contributed by atoms with Gasteiger partial charge in [0.25, 0.3) is 0 Å². The van der Waals surface area contributed by atoms with Crippen molar-refractivity contribution < 1.29 is 29.3 Å². The van der Waals surface area contributed by atoms with Gasteiger partial charge in [0.05, 0.1) is 12.2 Å². The van der Waals surface area contributed by atoms with E-state index >= 15 is 0 Å². The van der Waals surface area contributed by atoms with E-state index in [1.54, 1.807) is 12.2 Å². The zero-order valence-electron chi connectivity index (χ0n) is 21.2. The summed E-state index contributed by atoms with van der Waals surface area (Å²) in [5, 5.41) is 13.9. The van der Waals surface area contributed by atoms with Gasteiger partial charge in [-0.2, -0.15) is 4.99 Å². The van der Waals surface area contributed by atoms with Gasteiger partial charge in [0.1, 0.15) is 5.84 Å². The Bertz CT molecular complexity index is 743. The van der Waals surface area contributed by atoms with Crippen molar-refractivity contribution in [3.8, 4) is 0 Å². The smallest absolute Gasteiger partial charge is 0.450 e. The quantitative estimate of drug-likeness (QED) is 0.233. The fourth-order valence-electron chi connectivity index (χ4n) is 2.89. The normalized spacial score (nSPS) is 16.8. The lowest BCUT2D eigenvalue weighted by molar-refractivity contribution is -0.117. The molecule has 1 aliphatic heterocycles. The maximum absolute atomic E-state index is 11.8. The SMILES string of the molecule is C/C=C\C(N)=NC(=O)CCCC.CC.CC1CCC(CCC(=O)c2ccccc2)O1.O=C(O)O. The largest absolute Gasteiger partial charge is 0.503 e. The van der Waals surface area contributed by atoms with Crippen LogP contribution in [-0.4, -0.2) is 46.1 Å². The minimum absolute atomic E-state index is 0.132. The lowest BCUT2D eigenvalue weighted by Crippen LogP contribution is -2.10. The summed E-state index contributed by atoms with van der Waals surface area (Å²) in [6.45, 7) is 9.96. The van der Waals surface area contributed by atoms with Gasteiger partial charge in [0, 0.05) is 18.4 Å². The van der Waals surface area contributed by atoms with Crippen LogP contribution in [0.3, 0.4) is 0 Å². The van der Waals surface area contributed by atoms with Crippen molar-refractivity contribution in [2.75, 3.05) is 0 Å². The van der Waals surface area contributed by atoms with Crippen LogP contribution < -0.4 is 5.73 Å². The first-order valence-electron chi connectivity index (χ1n) is 11.8. The van der Waals surface area contributed by atoms with E-state index in [0.29, 0.717) is 30.9 Å². The number of carboxylic acid groups (broad SMARTS) is 2. The number of hydrogen-bond donors (Lipinski definition) is 3. The molecule has 1 amide bonds. The molecule has 0 saturated carbocycles. The molecule has 1 aliphatic rings. The van der Waals surface area contributed by atoms with Crippen LogP contribution in [0, 0.1) is 0 Å². The third-order valence-electron chi connectivity index (χ3n) is 4.44. The molecule has 8 nitrogen and oxygen atoms in total. The second-order valence-corrected chi connectivity index (χ2v) is 7.29. The number of aliphatic imine (C=N–C) groups is 1. The number of Topliss-reactive ketones (excluding diaryl/α,β-unsaturated/α-hetero) is 1. The van der Waals surface area contributed by atoms with Gasteiger partial charge in [-0.25, -0.2) is 4.79 Å². The Labute approximate surface area is 203 Å². The van der Waals surface area contributed by atoms with Crippen molar-refractivity contribution in [1.82, 2.24) is 0 Å². The number of rotatable bonds is 8. The van der Waals surface area contributed by atoms with Gasteiger partial charge < -0.3 is 20.7 Å². The maximum atomic E-state index is 11.8. The summed E-state index contributed by atoms with van der Waals surface area (Å²) in [5.41, 5.74) is 6.21. The second-order valence-electron chi connectivity index (χ2n) is 7.29. The minimum atomic E-state index is -1.83. The molecule has 2 unspecified atom stereocenters. The summed E-state index contributed by atoms with van der Waals surface area (Å²) in [4.78, 5) is 35.0. The van der Waals surface area contributed by atoms with Gasteiger partial charge in [0.15, 0.2) is 5.78 Å². The van der Waals surface area contributed by atoms with Crippen molar-refractivity contribution in [2.24, 2.45) is 10.7 Å². The van der Waals surface area contributed by atoms with Crippen LogP contribution in [0.5, 0.6) is 0 Å². The van der Waals surface area contributed by atoms with E-state index in [9.17, 15) is 9.59 Å². The predicted molar refractivity (Wildman–Crippen MR) is 137 cm³/mol. The molecule has 2 rings (SSSR count). The number of unbranched alkanes of at least 4 members (excludes halogenated alkanes) is 1. The molecule has 0 aromatic heterocycles. The Hall–Kier alpha value is -3.00. The molecule has 0 bridgehead atoms. The number of nitrogens with zero attached hydrogens (tertiary/aromatic N) is 1. The van der Waals surface area contributed by atoms with E-state index in [-0.39, 0.29) is 11.7 Å². The monoisotopic (exact) mass is 478 g/mol. The van der Waals surface area contributed by atoms with Gasteiger partial charge in [0.2, 0.25) is 5.91 Å². The van der Waals surface area contributed by atoms with Crippen molar-refractivity contribution in [3.05, 3.63) is 48.0 Å². The summed E-state index contributed by atoms with van der Waals surface area (Å²) < 4.78 is 5.70. The molecule has 8 heteroatoms. The maximum Gasteiger partial charge on any atom is 0.503 e. The van der Waals surface area contributed by atoms with Gasteiger partial charge in [-0.3, -0.25) is 9.59 Å². The highest BCUT2D eigenvalue weighted by Crippen LogP contribution is 2.23. The van der Waals surface area contributed by atoms with Crippen LogP contribution in [0.25, 0.3) is 0 Å². The number of amidine groups is 1. The van der Waals surface area contributed by atoms with Crippen molar-refractivity contribution in [1.29, 1.82) is 0 Å². The lowest BCUT2D eigenvalue weighted by Gasteiger charge is -2.10. The molecule has 0 aliphatic carbocycles. The second kappa shape index (κ2) is 21.8. The van der Waals surface area contributed by atoms with Crippen molar-refractivity contribution >= 4 is 23.7 Å². The Balaban J connectivity index is 0. The van der Waals surface area contributed by atoms with Crippen molar-refractivity contribution in [3.63, 3.8) is 0 Å². The van der Waals surface area contributed by atoms with E-state index in [1.807, 2.05) is 58.0 Å². The van der Waals surface area contributed by atoms with Crippen LogP contribution in [-0.2, 0) is 9.53 Å². The Morgan fingerprint density at radius 3 is 2.18 bits per heavy atom. The molecule has 1 fully saturated rings. The Kier molecular flexibility index (Phi) is 21.3. The molecular weight excluding hydrogens is 436 g/mol. The number of allylic oxidation sites excluding steroid dienone is 1. The predicted octanol–water partition coefficient (Wildman–Crippen LogP) is 6.10. The van der Waals surface area contributed by atoms with Crippen LogP contribution in [0.1, 0.15) is 89.9 Å². The summed E-state index contributed by atoms with van der Waals surface area (Å²) in [5.74, 6) is 0.384. The van der Waals surface area contributed by atoms with E-state index in [2.05, 4.69) is 11.9 Å². The first kappa shape index (κ1) is 33.2. The highest BCUT2D eigenvalue weighted by molar-refractivity contribution is 5.99. The zero-order valence-corrected chi connectivity index (χ0v) is 21.2. The molecule has 4 N–H and O–H groups in total. The van der Waals surface area contributed by atoms with Gasteiger partial charge in [-0.15, -0.1) is 0 Å². The highest BCUT2D eigenvalue weighted by Gasteiger charge is 2.22. The topological polar surface area (TPSA) is 139 Å². The minimum Gasteiger partial charge on any atom is -0.450 e. The standard InChI is InChI=1S/C14H18O2.C9H16N2O.C2H6.CH2O3/c1-11-7-8-13(16-11)9-10-14(15)12-5-3-2-4-6-12;1-3-5-7-9(12)11-8(10)6-4-2;1-2;2-1(3)4/h2-6,11,13H,7-10H2,1H3;4,6H,3,5,7H2,1-2H3,(H2,10,11,12);1-2H3;(H2,2,3,4)/b;6-4-;;. The Morgan fingerprint density at radius 2 is 1.71 bits per heavy atom. The van der Waals surface area contributed by atoms with Crippen LogP contribution >= 0.6 is 0 Å². The number of amides is 1. The number of hydrogen-bond acceptors (Lipinski definition) is 4. The third kappa shape index (κ3) is 19.7. The highest BCUT2D eigenvalue weighted by atomic mass is 16.6. The first-order chi connectivity index (χ1) is 16.2. The molecule has 0 spiro atoms. The van der Waals surface area contributed by atoms with Crippen LogP contribution in [0.4, 0.5) is 4.79 Å². The van der Waals surface area contributed by atoms with Crippen molar-refractivity contribution in [2.45, 2.75) is 91.8 Å². The first-order valence-corrected chi connectivity index (χ1v) is 11.8. The molecule has 1 heterocycles. The molecular formula is C26H42N2O6. The zero-order chi connectivity index (χ0) is 26.4. The number of ketones is 1. The molecule has 34 heavy (non-hydrogen) atoms. The molecule has 2 atom stereocenters. The van der Waals surface area contributed by atoms with E-state index in [1.165, 1.54) is 0 Å². The fraction of sp³-hybridized carbons (Fsp3) is 0.538. The molecule has 1 aromatic carbocycles. The summed E-state index contributed by atoms with van der Waals surface area (Å²) in [6.07, 6.45) is 8.27. The number of ether oxygens (including phenoxy) is 1. The fourth-order valence-corrected chi connectivity index (χ4v) is 2.89. The van der Waals surface area contributed by atoms with E-state index in [0.717, 1.165) is 37.7 Å². The lowest BCUT2D eigenvalue weighted by atomic mass is 10.0. The van der Waals surface area contributed by atoms with Gasteiger partial charge in [-0.1, -0.05) is 63.6 Å². The average Bonchev–Trinajstić information content (AvgIpc) is 3.23. The van der Waals surface area contributed by atoms with Gasteiger partial charge >= 0.3 is 6.16 Å². The number of benzene rings is 1. The number of carbonyl (C=O) groups excluding carboxylic acids is 2. The third-order valence-corrected chi connectivity index (χ3v) is 4.44. The number of nitrogens with two attached hydrogens (primary N) is 1. The molecule has 192 valence electrons. The summed E-state index contributed by atoms with van der Waals surface area (Å²) in [6, 6.07) is 9.49. The average molecular weight is 479 g/mol. The number of carbonyl (C=O) groups is 3. The summed E-state index contributed by atoms with van der Waals surface area (Å²) in [7, 11) is 0. The molecule has 0 radical (unpaired) electrons. The van der Waals surface area contributed by atoms with E-state index < -0.39 is 6.16 Å². The van der Waals surface area contributed by atoms with E-state index in [4.69, 9.17) is 25.5 Å². The summed E-state index contributed by atoms with van der Waals surface area (Å²) >= 11 is 0.